The van der Waals surface area contributed by atoms with Crippen LogP contribution in [0.1, 0.15) is 45.2 Å². The lowest BCUT2D eigenvalue weighted by molar-refractivity contribution is -0.122. The molecule has 0 radical (unpaired) electrons. The molecule has 2 aromatic rings. The predicted octanol–water partition coefficient (Wildman–Crippen LogP) is 3.10. The number of anilines is 1. The smallest absolute Gasteiger partial charge is 0.262 e. The molecule has 5 nitrogen and oxygen atoms in total. The van der Waals surface area contributed by atoms with Crippen LogP contribution in [0.15, 0.2) is 36.4 Å². The van der Waals surface area contributed by atoms with Crippen LogP contribution in [0.5, 0.6) is 0 Å². The number of fused-ring (bicyclic) bond motifs is 2. The fourth-order valence-corrected chi connectivity index (χ4v) is 4.04. The van der Waals surface area contributed by atoms with Gasteiger partial charge in [-0.15, -0.1) is 0 Å². The summed E-state index contributed by atoms with van der Waals surface area (Å²) in [5, 5.41) is 0. The van der Waals surface area contributed by atoms with Gasteiger partial charge in [-0.2, -0.15) is 0 Å². The van der Waals surface area contributed by atoms with Crippen molar-refractivity contribution in [2.45, 2.75) is 32.7 Å². The minimum Gasteiger partial charge on any atom is -0.310 e. The van der Waals surface area contributed by atoms with Gasteiger partial charge in [-0.3, -0.25) is 19.3 Å². The van der Waals surface area contributed by atoms with Crippen molar-refractivity contribution in [1.29, 1.82) is 0 Å². The second kappa shape index (κ2) is 6.30. The number of carbonyl (C=O) groups excluding carboxylic acids is 3. The number of hydrogen-bond donors (Lipinski definition) is 0. The number of imide groups is 1. The Bertz CT molecular complexity index is 950. The molecular weight excluding hydrogens is 347 g/mol. The number of benzene rings is 2. The lowest BCUT2D eigenvalue weighted by atomic mass is 9.97. The molecule has 2 aliphatic rings. The molecule has 2 aromatic carbocycles. The first-order valence-electron chi connectivity index (χ1n) is 8.97. The van der Waals surface area contributed by atoms with Crippen molar-refractivity contribution in [3.05, 3.63) is 64.5 Å². The second-order valence-corrected chi connectivity index (χ2v) is 7.03. The summed E-state index contributed by atoms with van der Waals surface area (Å²) >= 11 is 0. The third-order valence-corrected chi connectivity index (χ3v) is 5.28. The highest BCUT2D eigenvalue weighted by molar-refractivity contribution is 6.23. The summed E-state index contributed by atoms with van der Waals surface area (Å²) in [6.07, 6.45) is 1.40. The number of halogens is 1. The first-order chi connectivity index (χ1) is 12.9. The molecule has 1 unspecified atom stereocenters. The zero-order chi connectivity index (χ0) is 19.3. The van der Waals surface area contributed by atoms with E-state index in [1.807, 2.05) is 0 Å². The molecule has 2 heterocycles. The van der Waals surface area contributed by atoms with Crippen molar-refractivity contribution in [2.24, 2.45) is 0 Å². The molecule has 4 rings (SSSR count). The Hall–Kier alpha value is -3.02. The molecule has 2 aliphatic heterocycles. The van der Waals surface area contributed by atoms with E-state index in [4.69, 9.17) is 0 Å². The van der Waals surface area contributed by atoms with E-state index in [0.29, 0.717) is 41.8 Å². The van der Waals surface area contributed by atoms with Crippen molar-refractivity contribution < 1.29 is 18.8 Å². The van der Waals surface area contributed by atoms with Crippen molar-refractivity contribution in [3.8, 4) is 0 Å². The number of rotatable bonds is 2. The number of amides is 3. The van der Waals surface area contributed by atoms with Crippen molar-refractivity contribution in [1.82, 2.24) is 4.90 Å². The summed E-state index contributed by atoms with van der Waals surface area (Å²) in [7, 11) is 0. The van der Waals surface area contributed by atoms with Gasteiger partial charge in [-0.25, -0.2) is 4.39 Å². The molecule has 0 bridgehead atoms. The van der Waals surface area contributed by atoms with Crippen molar-refractivity contribution >= 4 is 23.4 Å². The molecule has 0 fully saturated rings. The lowest BCUT2D eigenvalue weighted by Gasteiger charge is -2.34. The maximum absolute atomic E-state index is 13.7. The number of aryl methyl sites for hydroxylation is 2. The molecule has 0 N–H and O–H groups in total. The maximum atomic E-state index is 13.7. The van der Waals surface area contributed by atoms with Gasteiger partial charge in [0, 0.05) is 12.2 Å². The quantitative estimate of drug-likeness (QED) is 0.768. The van der Waals surface area contributed by atoms with Crippen LogP contribution < -0.4 is 4.90 Å². The molecule has 0 saturated heterocycles. The Labute approximate surface area is 156 Å². The average molecular weight is 366 g/mol. The molecule has 0 aromatic heterocycles. The zero-order valence-electron chi connectivity index (χ0n) is 15.2. The molecule has 138 valence electrons. The molecule has 0 spiro atoms. The van der Waals surface area contributed by atoms with Gasteiger partial charge in [-0.1, -0.05) is 12.1 Å². The van der Waals surface area contributed by atoms with Crippen molar-refractivity contribution in [3.63, 3.8) is 0 Å². The Morgan fingerprint density at radius 1 is 1.11 bits per heavy atom. The van der Waals surface area contributed by atoms with E-state index in [2.05, 4.69) is 0 Å². The first kappa shape index (κ1) is 17.4. The highest BCUT2D eigenvalue weighted by atomic mass is 19.1. The lowest BCUT2D eigenvalue weighted by Crippen LogP contribution is -2.51. The topological polar surface area (TPSA) is 57.7 Å². The van der Waals surface area contributed by atoms with Gasteiger partial charge < -0.3 is 4.90 Å². The average Bonchev–Trinajstić information content (AvgIpc) is 2.91. The van der Waals surface area contributed by atoms with Crippen LogP contribution in [0.4, 0.5) is 10.1 Å². The van der Waals surface area contributed by atoms with Gasteiger partial charge in [0.2, 0.25) is 5.91 Å². The third kappa shape index (κ3) is 2.63. The predicted molar refractivity (Wildman–Crippen MR) is 98.2 cm³/mol. The van der Waals surface area contributed by atoms with Gasteiger partial charge in [0.1, 0.15) is 11.9 Å². The van der Waals surface area contributed by atoms with E-state index in [1.54, 1.807) is 43.0 Å². The summed E-state index contributed by atoms with van der Waals surface area (Å²) in [4.78, 5) is 41.2. The van der Waals surface area contributed by atoms with E-state index in [1.165, 1.54) is 12.1 Å². The molecule has 0 saturated carbocycles. The van der Waals surface area contributed by atoms with E-state index in [-0.39, 0.29) is 11.7 Å². The highest BCUT2D eigenvalue weighted by Crippen LogP contribution is 2.33. The van der Waals surface area contributed by atoms with Crippen LogP contribution in [0.2, 0.25) is 0 Å². The second-order valence-electron chi connectivity index (χ2n) is 7.03. The van der Waals surface area contributed by atoms with Crippen molar-refractivity contribution in [2.75, 3.05) is 11.4 Å². The van der Waals surface area contributed by atoms with Crippen LogP contribution in [-0.4, -0.2) is 35.2 Å². The molecular formula is C21H19FN2O3. The Kier molecular flexibility index (Phi) is 4.06. The van der Waals surface area contributed by atoms with Crippen LogP contribution in [0.25, 0.3) is 0 Å². The fraction of sp³-hybridized carbons (Fsp3) is 0.286. The van der Waals surface area contributed by atoms with Gasteiger partial charge >= 0.3 is 0 Å². The van der Waals surface area contributed by atoms with Gasteiger partial charge in [0.15, 0.2) is 0 Å². The minimum absolute atomic E-state index is 0.319. The molecule has 1 atom stereocenters. The van der Waals surface area contributed by atoms with E-state index in [0.717, 1.165) is 10.5 Å². The van der Waals surface area contributed by atoms with Gasteiger partial charge in [0.25, 0.3) is 11.8 Å². The number of hydrogen-bond acceptors (Lipinski definition) is 3. The monoisotopic (exact) mass is 366 g/mol. The summed E-state index contributed by atoms with van der Waals surface area (Å²) in [6, 6.07) is 8.49. The van der Waals surface area contributed by atoms with Gasteiger partial charge in [-0.05, 0) is 62.1 Å². The van der Waals surface area contributed by atoms with E-state index < -0.39 is 17.9 Å². The molecule has 6 heteroatoms. The standard InChI is InChI=1S/C21H19FN2O3/c1-12-10-15(22)11-14-6-5-9-23(18(12)14)19(25)13(2)24-20(26)16-7-3-4-8-17(16)21(24)27/h3-4,7-8,10-11,13H,5-6,9H2,1-2H3. The highest BCUT2D eigenvalue weighted by Gasteiger charge is 2.42. The SMILES string of the molecule is Cc1cc(F)cc2c1N(C(=O)C(C)N1C(=O)c3ccccc3C1=O)CCC2. The third-order valence-electron chi connectivity index (χ3n) is 5.28. The number of carbonyl (C=O) groups is 3. The molecule has 0 aliphatic carbocycles. The van der Waals surface area contributed by atoms with Crippen LogP contribution in [0, 0.1) is 12.7 Å². The normalized spacial score (nSPS) is 17.0. The first-order valence-corrected chi connectivity index (χ1v) is 8.97. The van der Waals surface area contributed by atoms with Gasteiger partial charge in [0.05, 0.1) is 11.1 Å². The van der Waals surface area contributed by atoms with Crippen LogP contribution in [0.3, 0.4) is 0 Å². The fourth-order valence-electron chi connectivity index (χ4n) is 4.04. The summed E-state index contributed by atoms with van der Waals surface area (Å²) in [5.41, 5.74) is 2.78. The Morgan fingerprint density at radius 2 is 1.74 bits per heavy atom. The number of nitrogens with zero attached hydrogens (tertiary/aromatic N) is 2. The molecule has 3 amide bonds. The summed E-state index contributed by atoms with van der Waals surface area (Å²) in [5.74, 6) is -1.57. The Balaban J connectivity index is 1.68. The molecule has 27 heavy (non-hydrogen) atoms. The van der Waals surface area contributed by atoms with E-state index >= 15 is 0 Å². The summed E-state index contributed by atoms with van der Waals surface area (Å²) < 4.78 is 13.7. The van der Waals surface area contributed by atoms with E-state index in [9.17, 15) is 18.8 Å². The minimum atomic E-state index is -0.937. The summed E-state index contributed by atoms with van der Waals surface area (Å²) in [6.45, 7) is 3.81. The largest absolute Gasteiger partial charge is 0.310 e. The maximum Gasteiger partial charge on any atom is 0.262 e. The zero-order valence-corrected chi connectivity index (χ0v) is 15.2. The van der Waals surface area contributed by atoms with Crippen LogP contribution in [-0.2, 0) is 11.2 Å². The van der Waals surface area contributed by atoms with Crippen LogP contribution >= 0.6 is 0 Å². The Morgan fingerprint density at radius 3 is 2.37 bits per heavy atom.